The van der Waals surface area contributed by atoms with E-state index in [1.54, 1.807) is 30.5 Å². The van der Waals surface area contributed by atoms with E-state index in [4.69, 9.17) is 23.2 Å². The van der Waals surface area contributed by atoms with Crippen LogP contribution in [0.5, 0.6) is 0 Å². The number of aromatic nitrogens is 3. The van der Waals surface area contributed by atoms with E-state index in [0.29, 0.717) is 38.9 Å². The molecule has 1 aromatic carbocycles. The van der Waals surface area contributed by atoms with Crippen molar-refractivity contribution in [1.82, 2.24) is 15.0 Å². The number of pyridine rings is 1. The van der Waals surface area contributed by atoms with Crippen LogP contribution in [0.2, 0.25) is 10.0 Å². The predicted molar refractivity (Wildman–Crippen MR) is 114 cm³/mol. The Bertz CT molecular complexity index is 937. The number of hydrogen-bond donors (Lipinski definition) is 3. The van der Waals surface area contributed by atoms with Crippen LogP contribution in [0, 0.1) is 5.92 Å². The highest BCUT2D eigenvalue weighted by Crippen LogP contribution is 2.29. The Morgan fingerprint density at radius 3 is 2.54 bits per heavy atom. The van der Waals surface area contributed by atoms with Gasteiger partial charge in [-0.2, -0.15) is 4.98 Å². The molecule has 146 valence electrons. The second-order valence-corrected chi connectivity index (χ2v) is 7.45. The summed E-state index contributed by atoms with van der Waals surface area (Å²) in [5.41, 5.74) is 1.98. The SMILES string of the molecule is CC(C)[C@@H](CO)Nc1nc(Nc2cc(Cl)ccc2Cl)cc(-c2ccccn2)n1. The number of benzene rings is 1. The number of nitrogens with one attached hydrogen (secondary N) is 2. The van der Waals surface area contributed by atoms with Crippen molar-refractivity contribution in [3.05, 3.63) is 58.7 Å². The van der Waals surface area contributed by atoms with Gasteiger partial charge in [0, 0.05) is 17.3 Å². The van der Waals surface area contributed by atoms with Gasteiger partial charge < -0.3 is 15.7 Å². The zero-order valence-electron chi connectivity index (χ0n) is 15.5. The van der Waals surface area contributed by atoms with Gasteiger partial charge in [0.2, 0.25) is 5.95 Å². The van der Waals surface area contributed by atoms with E-state index in [2.05, 4.69) is 25.6 Å². The Hall–Kier alpha value is -2.41. The average molecular weight is 418 g/mol. The van der Waals surface area contributed by atoms with Gasteiger partial charge in [0.15, 0.2) is 0 Å². The van der Waals surface area contributed by atoms with Crippen LogP contribution in [-0.2, 0) is 0 Å². The molecule has 3 aromatic rings. The number of hydrogen-bond acceptors (Lipinski definition) is 6. The predicted octanol–water partition coefficient (Wildman–Crippen LogP) is 5.02. The summed E-state index contributed by atoms with van der Waals surface area (Å²) in [6.07, 6.45) is 1.70. The molecule has 0 aliphatic rings. The molecule has 0 saturated carbocycles. The van der Waals surface area contributed by atoms with Gasteiger partial charge in [-0.3, -0.25) is 4.98 Å². The van der Waals surface area contributed by atoms with Crippen molar-refractivity contribution in [3.63, 3.8) is 0 Å². The molecule has 0 bridgehead atoms. The second-order valence-electron chi connectivity index (χ2n) is 6.60. The Morgan fingerprint density at radius 2 is 1.86 bits per heavy atom. The number of rotatable bonds is 7. The van der Waals surface area contributed by atoms with Gasteiger partial charge in [0.25, 0.3) is 0 Å². The molecule has 2 heterocycles. The number of aliphatic hydroxyl groups excluding tert-OH is 1. The minimum atomic E-state index is -0.179. The summed E-state index contributed by atoms with van der Waals surface area (Å²) in [6, 6.07) is 12.4. The van der Waals surface area contributed by atoms with Gasteiger partial charge in [-0.15, -0.1) is 0 Å². The smallest absolute Gasteiger partial charge is 0.225 e. The standard InChI is InChI=1S/C20H21Cl2N5O/c1-12(2)18(11-28)26-20-25-17(15-5-3-4-8-23-15)10-19(27-20)24-16-9-13(21)6-7-14(16)22/h3-10,12,18,28H,11H2,1-2H3,(H2,24,25,26,27)/t18-/m1/s1. The fourth-order valence-electron chi connectivity index (χ4n) is 2.54. The molecule has 0 saturated heterocycles. The van der Waals surface area contributed by atoms with E-state index in [1.807, 2.05) is 32.0 Å². The zero-order valence-corrected chi connectivity index (χ0v) is 17.0. The molecule has 0 amide bonds. The van der Waals surface area contributed by atoms with Crippen molar-refractivity contribution in [1.29, 1.82) is 0 Å². The van der Waals surface area contributed by atoms with E-state index < -0.39 is 0 Å². The van der Waals surface area contributed by atoms with Gasteiger partial charge in [-0.05, 0) is 36.2 Å². The highest BCUT2D eigenvalue weighted by Gasteiger charge is 2.16. The molecule has 0 radical (unpaired) electrons. The minimum Gasteiger partial charge on any atom is -0.394 e. The quantitative estimate of drug-likeness (QED) is 0.500. The largest absolute Gasteiger partial charge is 0.394 e. The molecule has 0 spiro atoms. The molecule has 0 aliphatic carbocycles. The van der Waals surface area contributed by atoms with Crippen LogP contribution in [0.1, 0.15) is 13.8 Å². The number of halogens is 2. The third-order valence-electron chi connectivity index (χ3n) is 4.16. The Labute approximate surface area is 174 Å². The van der Waals surface area contributed by atoms with E-state index >= 15 is 0 Å². The number of nitrogens with zero attached hydrogens (tertiary/aromatic N) is 3. The Morgan fingerprint density at radius 1 is 1.04 bits per heavy atom. The lowest BCUT2D eigenvalue weighted by Crippen LogP contribution is -2.30. The van der Waals surface area contributed by atoms with E-state index in [9.17, 15) is 5.11 Å². The lowest BCUT2D eigenvalue weighted by atomic mass is 10.1. The first-order valence-electron chi connectivity index (χ1n) is 8.86. The Balaban J connectivity index is 2.00. The lowest BCUT2D eigenvalue weighted by Gasteiger charge is -2.20. The van der Waals surface area contributed by atoms with Crippen molar-refractivity contribution in [2.75, 3.05) is 17.2 Å². The molecule has 28 heavy (non-hydrogen) atoms. The van der Waals surface area contributed by atoms with Gasteiger partial charge >= 0.3 is 0 Å². The number of aliphatic hydroxyl groups is 1. The van der Waals surface area contributed by atoms with Crippen LogP contribution in [0.3, 0.4) is 0 Å². The van der Waals surface area contributed by atoms with Crippen molar-refractivity contribution in [2.24, 2.45) is 5.92 Å². The molecule has 0 unspecified atom stereocenters. The van der Waals surface area contributed by atoms with Crippen LogP contribution in [0.25, 0.3) is 11.4 Å². The summed E-state index contributed by atoms with van der Waals surface area (Å²) in [6.45, 7) is 4.00. The van der Waals surface area contributed by atoms with Crippen LogP contribution >= 0.6 is 23.2 Å². The fraction of sp³-hybridized carbons (Fsp3) is 0.250. The van der Waals surface area contributed by atoms with Crippen molar-refractivity contribution >= 4 is 40.7 Å². The van der Waals surface area contributed by atoms with Crippen molar-refractivity contribution < 1.29 is 5.11 Å². The maximum Gasteiger partial charge on any atom is 0.225 e. The molecule has 3 rings (SSSR count). The van der Waals surface area contributed by atoms with Crippen molar-refractivity contribution in [2.45, 2.75) is 19.9 Å². The minimum absolute atomic E-state index is 0.0300. The van der Waals surface area contributed by atoms with Crippen LogP contribution < -0.4 is 10.6 Å². The lowest BCUT2D eigenvalue weighted by molar-refractivity contribution is 0.248. The number of anilines is 3. The first-order valence-corrected chi connectivity index (χ1v) is 9.62. The maximum absolute atomic E-state index is 9.64. The van der Waals surface area contributed by atoms with Gasteiger partial charge in [0.05, 0.1) is 34.7 Å². The van der Waals surface area contributed by atoms with Crippen LogP contribution in [0.15, 0.2) is 48.7 Å². The average Bonchev–Trinajstić information content (AvgIpc) is 2.69. The normalized spacial score (nSPS) is 12.1. The summed E-state index contributed by atoms with van der Waals surface area (Å²) in [7, 11) is 0. The van der Waals surface area contributed by atoms with Gasteiger partial charge in [0.1, 0.15) is 5.82 Å². The fourth-order valence-corrected chi connectivity index (χ4v) is 2.88. The Kier molecular flexibility index (Phi) is 6.67. The van der Waals surface area contributed by atoms with E-state index in [1.165, 1.54) is 0 Å². The highest BCUT2D eigenvalue weighted by molar-refractivity contribution is 6.35. The summed E-state index contributed by atoms with van der Waals surface area (Å²) >= 11 is 12.3. The molecule has 2 aromatic heterocycles. The molecule has 3 N–H and O–H groups in total. The van der Waals surface area contributed by atoms with Crippen LogP contribution in [0.4, 0.5) is 17.5 Å². The summed E-state index contributed by atoms with van der Waals surface area (Å²) in [5.74, 6) is 1.12. The molecular weight excluding hydrogens is 397 g/mol. The topological polar surface area (TPSA) is 83.0 Å². The third kappa shape index (κ3) is 5.10. The van der Waals surface area contributed by atoms with Gasteiger partial charge in [-0.1, -0.05) is 43.1 Å². The van der Waals surface area contributed by atoms with Gasteiger partial charge in [-0.25, -0.2) is 4.98 Å². The van der Waals surface area contributed by atoms with Crippen LogP contribution in [-0.4, -0.2) is 32.7 Å². The summed E-state index contributed by atoms with van der Waals surface area (Å²) in [4.78, 5) is 13.4. The summed E-state index contributed by atoms with van der Waals surface area (Å²) < 4.78 is 0. The molecular formula is C20H21Cl2N5O. The first-order chi connectivity index (χ1) is 13.5. The maximum atomic E-state index is 9.64. The van der Waals surface area contributed by atoms with E-state index in [-0.39, 0.29) is 18.6 Å². The summed E-state index contributed by atoms with van der Waals surface area (Å²) in [5, 5.41) is 17.1. The molecule has 1 atom stereocenters. The zero-order chi connectivity index (χ0) is 20.1. The second kappa shape index (κ2) is 9.19. The molecule has 0 aliphatic heterocycles. The van der Waals surface area contributed by atoms with Crippen molar-refractivity contribution in [3.8, 4) is 11.4 Å². The highest BCUT2D eigenvalue weighted by atomic mass is 35.5. The van der Waals surface area contributed by atoms with E-state index in [0.717, 1.165) is 0 Å². The third-order valence-corrected chi connectivity index (χ3v) is 4.73. The first kappa shape index (κ1) is 20.3. The monoisotopic (exact) mass is 417 g/mol. The molecule has 0 fully saturated rings. The molecule has 6 nitrogen and oxygen atoms in total. The molecule has 8 heteroatoms.